The Balaban J connectivity index is 1.52. The predicted molar refractivity (Wildman–Crippen MR) is 115 cm³/mol. The van der Waals surface area contributed by atoms with E-state index in [1.807, 2.05) is 49.4 Å². The largest absolute Gasteiger partial charge is 0.349 e. The average molecular weight is 381 g/mol. The number of nitrogens with zero attached hydrogens (tertiary/aromatic N) is 3. The second-order valence-corrected chi connectivity index (χ2v) is 7.02. The molecule has 0 saturated heterocycles. The summed E-state index contributed by atoms with van der Waals surface area (Å²) >= 11 is 0. The lowest BCUT2D eigenvalue weighted by Crippen LogP contribution is -2.16. The molecule has 6 nitrogen and oxygen atoms in total. The molecule has 0 fully saturated rings. The van der Waals surface area contributed by atoms with Crippen LogP contribution < -0.4 is 10.9 Å². The quantitative estimate of drug-likeness (QED) is 0.483. The minimum atomic E-state index is -0.217. The molecular formula is C23H19N5O. The molecule has 5 rings (SSSR count). The van der Waals surface area contributed by atoms with Crippen LogP contribution in [0.3, 0.4) is 0 Å². The summed E-state index contributed by atoms with van der Waals surface area (Å²) in [5, 5.41) is 10.5. The Bertz CT molecular complexity index is 1370. The second kappa shape index (κ2) is 6.91. The van der Waals surface area contributed by atoms with Gasteiger partial charge in [0.2, 0.25) is 5.95 Å². The number of H-pyrrole nitrogens is 1. The van der Waals surface area contributed by atoms with Gasteiger partial charge in [-0.15, -0.1) is 0 Å². The molecule has 29 heavy (non-hydrogen) atoms. The molecule has 5 aromatic rings. The van der Waals surface area contributed by atoms with Gasteiger partial charge in [-0.25, -0.2) is 4.68 Å². The van der Waals surface area contributed by atoms with Crippen molar-refractivity contribution in [1.82, 2.24) is 19.7 Å². The third kappa shape index (κ3) is 3.14. The highest BCUT2D eigenvalue weighted by molar-refractivity contribution is 5.83. The highest BCUT2D eigenvalue weighted by atomic mass is 16.1. The molecule has 2 N–H and O–H groups in total. The van der Waals surface area contributed by atoms with Gasteiger partial charge in [0.1, 0.15) is 5.39 Å². The number of fused-ring (bicyclic) bond motifs is 2. The molecule has 2 heterocycles. The van der Waals surface area contributed by atoms with Crippen LogP contribution in [0.1, 0.15) is 18.5 Å². The number of hydrogen-bond acceptors (Lipinski definition) is 4. The van der Waals surface area contributed by atoms with Gasteiger partial charge < -0.3 is 5.32 Å². The fraction of sp³-hybridized carbons (Fsp3) is 0.0870. The zero-order valence-electron chi connectivity index (χ0n) is 15.8. The highest BCUT2D eigenvalue weighted by Crippen LogP contribution is 2.23. The molecule has 0 bridgehead atoms. The number of hydrogen-bond donors (Lipinski definition) is 2. The fourth-order valence-electron chi connectivity index (χ4n) is 3.51. The molecule has 0 aliphatic rings. The molecule has 1 unspecified atom stereocenters. The van der Waals surface area contributed by atoms with E-state index in [1.165, 1.54) is 10.8 Å². The van der Waals surface area contributed by atoms with E-state index in [4.69, 9.17) is 0 Å². The predicted octanol–water partition coefficient (Wildman–Crippen LogP) is 4.44. The third-order valence-corrected chi connectivity index (χ3v) is 5.07. The van der Waals surface area contributed by atoms with Crippen LogP contribution in [0.5, 0.6) is 0 Å². The molecule has 3 aromatic carbocycles. The molecule has 2 aromatic heterocycles. The van der Waals surface area contributed by atoms with Crippen molar-refractivity contribution >= 4 is 27.8 Å². The van der Waals surface area contributed by atoms with Crippen LogP contribution in [-0.4, -0.2) is 19.7 Å². The van der Waals surface area contributed by atoms with Gasteiger partial charge in [-0.1, -0.05) is 54.6 Å². The molecular weight excluding hydrogens is 362 g/mol. The molecule has 0 aliphatic heterocycles. The van der Waals surface area contributed by atoms with Crippen LogP contribution in [0.25, 0.3) is 27.5 Å². The van der Waals surface area contributed by atoms with Gasteiger partial charge in [-0.2, -0.15) is 10.1 Å². The summed E-state index contributed by atoms with van der Waals surface area (Å²) < 4.78 is 1.68. The van der Waals surface area contributed by atoms with Gasteiger partial charge >= 0.3 is 0 Å². The molecule has 0 spiro atoms. The van der Waals surface area contributed by atoms with E-state index >= 15 is 0 Å². The van der Waals surface area contributed by atoms with Crippen LogP contribution in [-0.2, 0) is 0 Å². The summed E-state index contributed by atoms with van der Waals surface area (Å²) in [6, 6.07) is 24.2. The zero-order valence-corrected chi connectivity index (χ0v) is 15.8. The van der Waals surface area contributed by atoms with E-state index in [-0.39, 0.29) is 11.6 Å². The zero-order chi connectivity index (χ0) is 19.8. The molecule has 0 radical (unpaired) electrons. The van der Waals surface area contributed by atoms with Crippen LogP contribution in [0.2, 0.25) is 0 Å². The average Bonchev–Trinajstić information content (AvgIpc) is 3.18. The number of nitrogens with one attached hydrogen (secondary N) is 2. The summed E-state index contributed by atoms with van der Waals surface area (Å²) in [5.74, 6) is 0.417. The summed E-state index contributed by atoms with van der Waals surface area (Å²) in [7, 11) is 0. The first-order valence-corrected chi connectivity index (χ1v) is 9.48. The lowest BCUT2D eigenvalue weighted by atomic mass is 10.0. The van der Waals surface area contributed by atoms with E-state index in [1.54, 1.807) is 10.9 Å². The van der Waals surface area contributed by atoms with Crippen molar-refractivity contribution in [2.45, 2.75) is 13.0 Å². The van der Waals surface area contributed by atoms with E-state index in [0.717, 1.165) is 11.3 Å². The van der Waals surface area contributed by atoms with Crippen molar-refractivity contribution < 1.29 is 0 Å². The van der Waals surface area contributed by atoms with Gasteiger partial charge in [0.05, 0.1) is 17.9 Å². The van der Waals surface area contributed by atoms with Crippen molar-refractivity contribution in [1.29, 1.82) is 0 Å². The second-order valence-electron chi connectivity index (χ2n) is 7.02. The van der Waals surface area contributed by atoms with Gasteiger partial charge in [0.15, 0.2) is 5.65 Å². The third-order valence-electron chi connectivity index (χ3n) is 5.07. The summed E-state index contributed by atoms with van der Waals surface area (Å²) in [4.78, 5) is 20.0. The first kappa shape index (κ1) is 17.2. The Morgan fingerprint density at radius 2 is 1.72 bits per heavy atom. The molecule has 0 saturated carbocycles. The monoisotopic (exact) mass is 381 g/mol. The molecule has 142 valence electrons. The molecule has 6 heteroatoms. The maximum Gasteiger partial charge on any atom is 0.263 e. The Hall–Kier alpha value is -3.93. The summed E-state index contributed by atoms with van der Waals surface area (Å²) in [5.41, 5.74) is 2.27. The number of aromatic nitrogens is 4. The number of anilines is 1. The van der Waals surface area contributed by atoms with Gasteiger partial charge in [0.25, 0.3) is 5.56 Å². The lowest BCUT2D eigenvalue weighted by molar-refractivity contribution is 0.854. The summed E-state index contributed by atoms with van der Waals surface area (Å²) in [6.45, 7) is 2.04. The first-order chi connectivity index (χ1) is 14.2. The smallest absolute Gasteiger partial charge is 0.263 e. The molecule has 1 atom stereocenters. The Labute approximate surface area is 166 Å². The van der Waals surface area contributed by atoms with Crippen molar-refractivity contribution in [3.63, 3.8) is 0 Å². The van der Waals surface area contributed by atoms with E-state index in [0.29, 0.717) is 17.0 Å². The Kier molecular flexibility index (Phi) is 4.09. The van der Waals surface area contributed by atoms with Crippen LogP contribution >= 0.6 is 0 Å². The van der Waals surface area contributed by atoms with E-state index < -0.39 is 0 Å². The maximum atomic E-state index is 12.5. The topological polar surface area (TPSA) is 75.6 Å². The number of aromatic amines is 1. The fourth-order valence-corrected chi connectivity index (χ4v) is 3.51. The first-order valence-electron chi connectivity index (χ1n) is 9.48. The standard InChI is InChI=1S/C23H19N5O/c1-15(17-12-11-16-7-5-6-8-18(16)13-17)25-23-26-21-20(22(29)27-23)14-24-28(21)19-9-3-2-4-10-19/h2-15H,1H3,(H2,25,26,27,29). The van der Waals surface area contributed by atoms with Crippen molar-refractivity contribution in [2.75, 3.05) is 5.32 Å². The minimum Gasteiger partial charge on any atom is -0.349 e. The van der Waals surface area contributed by atoms with Gasteiger partial charge in [-0.3, -0.25) is 9.78 Å². The minimum absolute atomic E-state index is 0.0340. The number of para-hydroxylation sites is 1. The molecule has 0 amide bonds. The normalized spacial score (nSPS) is 12.3. The maximum absolute atomic E-state index is 12.5. The van der Waals surface area contributed by atoms with Crippen molar-refractivity contribution in [3.05, 3.63) is 94.9 Å². The van der Waals surface area contributed by atoms with E-state index in [9.17, 15) is 4.79 Å². The summed E-state index contributed by atoms with van der Waals surface area (Å²) in [6.07, 6.45) is 1.55. The van der Waals surface area contributed by atoms with Crippen LogP contribution in [0, 0.1) is 0 Å². The van der Waals surface area contributed by atoms with Crippen LogP contribution in [0.15, 0.2) is 83.8 Å². The Morgan fingerprint density at radius 3 is 2.55 bits per heavy atom. The van der Waals surface area contributed by atoms with Gasteiger partial charge in [-0.05, 0) is 41.5 Å². The SMILES string of the molecule is CC(Nc1nc2c(cnn2-c2ccccc2)c(=O)[nH]1)c1ccc2ccccc2c1. The van der Waals surface area contributed by atoms with Crippen molar-refractivity contribution in [3.8, 4) is 5.69 Å². The highest BCUT2D eigenvalue weighted by Gasteiger charge is 2.13. The van der Waals surface area contributed by atoms with Gasteiger partial charge in [0, 0.05) is 0 Å². The molecule has 0 aliphatic carbocycles. The van der Waals surface area contributed by atoms with Crippen molar-refractivity contribution in [2.24, 2.45) is 0 Å². The Morgan fingerprint density at radius 1 is 0.966 bits per heavy atom. The number of rotatable bonds is 4. The van der Waals surface area contributed by atoms with Crippen LogP contribution in [0.4, 0.5) is 5.95 Å². The number of benzene rings is 3. The van der Waals surface area contributed by atoms with E-state index in [2.05, 4.69) is 50.7 Å². The lowest BCUT2D eigenvalue weighted by Gasteiger charge is -2.15.